The zero-order valence-corrected chi connectivity index (χ0v) is 25.3. The maximum atomic E-state index is 15.6. The number of hydroxylamine groups is 1. The van der Waals surface area contributed by atoms with Gasteiger partial charge in [-0.05, 0) is 35.5 Å². The standard InChI is InChI=1S/C29H29FN7O8P/c1-18(27(39)42-16-19-8-3-2-4-9-19)37(45-22-13-7-11-20-10-5-6-12-21(20)22)46(41)43-17-29(34-35-32)25(30)24(38)26(44-29)36-15-14-23(31)33-28(36)40/h2-15,18,24-26,38,46H,16-17H2,1H3,(H2,31,33,40)/t18?,24-,25+,26-,29-/m1/s1. The molecule has 1 saturated heterocycles. The number of rotatable bonds is 12. The maximum absolute atomic E-state index is 15.6. The summed E-state index contributed by atoms with van der Waals surface area (Å²) < 4.78 is 46.6. The predicted molar refractivity (Wildman–Crippen MR) is 163 cm³/mol. The molecule has 1 aliphatic heterocycles. The average Bonchev–Trinajstić information content (AvgIpc) is 3.30. The van der Waals surface area contributed by atoms with Crippen LogP contribution in [0.2, 0.25) is 0 Å². The molecule has 3 N–H and O–H groups in total. The normalized spacial score (nSPS) is 22.2. The monoisotopic (exact) mass is 653 g/mol. The number of esters is 1. The zero-order chi connectivity index (χ0) is 32.8. The summed E-state index contributed by atoms with van der Waals surface area (Å²) in [4.78, 5) is 38.4. The zero-order valence-electron chi connectivity index (χ0n) is 24.3. The van der Waals surface area contributed by atoms with Crippen molar-refractivity contribution in [2.45, 2.75) is 43.8 Å². The first-order chi connectivity index (χ1) is 22.1. The lowest BCUT2D eigenvalue weighted by atomic mass is 10.1. The van der Waals surface area contributed by atoms with Gasteiger partial charge in [0.2, 0.25) is 5.72 Å². The Hall–Kier alpha value is -4.82. The molecule has 6 atom stereocenters. The van der Waals surface area contributed by atoms with Crippen LogP contribution in [0.1, 0.15) is 18.7 Å². The van der Waals surface area contributed by atoms with Crippen LogP contribution in [0.25, 0.3) is 21.2 Å². The molecule has 2 unspecified atom stereocenters. The number of alkyl halides is 1. The molecular weight excluding hydrogens is 624 g/mol. The number of fused-ring (bicyclic) bond motifs is 1. The highest BCUT2D eigenvalue weighted by atomic mass is 31.1. The van der Waals surface area contributed by atoms with Gasteiger partial charge < -0.3 is 29.7 Å². The molecule has 3 aromatic carbocycles. The molecule has 0 saturated carbocycles. The third kappa shape index (κ3) is 6.87. The van der Waals surface area contributed by atoms with E-state index in [9.17, 15) is 24.8 Å². The minimum atomic E-state index is -3.65. The number of nitrogens with two attached hydrogens (primary N) is 1. The van der Waals surface area contributed by atoms with Crippen LogP contribution in [0.15, 0.2) is 95.0 Å². The van der Waals surface area contributed by atoms with Crippen molar-refractivity contribution in [3.8, 4) is 5.75 Å². The van der Waals surface area contributed by atoms with Crippen molar-refractivity contribution in [3.05, 3.63) is 112 Å². The van der Waals surface area contributed by atoms with Crippen molar-refractivity contribution in [3.63, 3.8) is 0 Å². The number of nitrogens with zero attached hydrogens (tertiary/aromatic N) is 6. The van der Waals surface area contributed by atoms with E-state index in [0.29, 0.717) is 10.9 Å². The molecule has 1 aliphatic rings. The lowest BCUT2D eigenvalue weighted by Gasteiger charge is -2.29. The number of hydrogen-bond acceptors (Lipinski definition) is 11. The lowest BCUT2D eigenvalue weighted by molar-refractivity contribution is -0.156. The van der Waals surface area contributed by atoms with E-state index >= 15 is 4.39 Å². The third-order valence-electron chi connectivity index (χ3n) is 7.13. The Balaban J connectivity index is 1.40. The molecule has 0 amide bonds. The number of anilines is 1. The molecular formula is C29H29FN7O8P. The highest BCUT2D eigenvalue weighted by Crippen LogP contribution is 2.43. The summed E-state index contributed by atoms with van der Waals surface area (Å²) in [6.45, 7) is 0.281. The van der Waals surface area contributed by atoms with Crippen molar-refractivity contribution in [1.82, 2.24) is 14.4 Å². The summed E-state index contributed by atoms with van der Waals surface area (Å²) in [5.74, 6) is -0.725. The number of aromatic nitrogens is 2. The number of carbonyl (C=O) groups excluding carboxylic acids is 1. The van der Waals surface area contributed by atoms with E-state index in [4.69, 9.17) is 24.6 Å². The SMILES string of the molecule is CC(C(=O)OCc1ccccc1)N(Oc1cccc2ccccc12)[PH](=O)OC[C@@]1(N=[N+]=[N-])O[C@@H](n2ccc(N)nc2=O)[C@H](O)[C@@H]1F. The summed E-state index contributed by atoms with van der Waals surface area (Å²) in [6, 6.07) is 21.1. The van der Waals surface area contributed by atoms with Crippen molar-refractivity contribution in [2.24, 2.45) is 5.11 Å². The number of hydrogen-bond donors (Lipinski definition) is 2. The first kappa shape index (κ1) is 32.6. The van der Waals surface area contributed by atoms with Crippen LogP contribution in [0.5, 0.6) is 5.75 Å². The molecule has 0 bridgehead atoms. The Labute approximate surface area is 261 Å². The highest BCUT2D eigenvalue weighted by Gasteiger charge is 2.57. The third-order valence-corrected chi connectivity index (χ3v) is 8.36. The number of ether oxygens (including phenoxy) is 2. The molecule has 1 fully saturated rings. The number of aliphatic hydroxyl groups excluding tert-OH is 1. The molecule has 2 heterocycles. The Morgan fingerprint density at radius 2 is 1.93 bits per heavy atom. The molecule has 1 aromatic heterocycles. The first-order valence-electron chi connectivity index (χ1n) is 13.9. The van der Waals surface area contributed by atoms with Crippen LogP contribution < -0.4 is 16.3 Å². The van der Waals surface area contributed by atoms with E-state index in [1.165, 1.54) is 13.0 Å². The smallest absolute Gasteiger partial charge is 0.351 e. The van der Waals surface area contributed by atoms with Gasteiger partial charge in [-0.1, -0.05) is 76.7 Å². The summed E-state index contributed by atoms with van der Waals surface area (Å²) >= 11 is 0. The second-order valence-electron chi connectivity index (χ2n) is 10.2. The van der Waals surface area contributed by atoms with Crippen molar-refractivity contribution < 1.29 is 37.7 Å². The Kier molecular flexibility index (Phi) is 9.97. The minimum Gasteiger partial charge on any atom is -0.460 e. The Morgan fingerprint density at radius 1 is 1.22 bits per heavy atom. The van der Waals surface area contributed by atoms with Gasteiger partial charge in [0.05, 0.1) is 6.61 Å². The second kappa shape index (κ2) is 14.1. The van der Waals surface area contributed by atoms with Crippen molar-refractivity contribution in [2.75, 3.05) is 12.3 Å². The number of azide groups is 1. The predicted octanol–water partition coefficient (Wildman–Crippen LogP) is 4.05. The van der Waals surface area contributed by atoms with Gasteiger partial charge in [0.1, 0.15) is 24.6 Å². The van der Waals surface area contributed by atoms with Gasteiger partial charge in [-0.25, -0.2) is 9.18 Å². The lowest BCUT2D eigenvalue weighted by Crippen LogP contribution is -2.43. The fraction of sp³-hybridized carbons (Fsp3) is 0.276. The molecule has 17 heteroatoms. The molecule has 46 heavy (non-hydrogen) atoms. The number of nitrogen functional groups attached to an aromatic ring is 1. The van der Waals surface area contributed by atoms with Crippen molar-refractivity contribution in [1.29, 1.82) is 0 Å². The summed E-state index contributed by atoms with van der Waals surface area (Å²) in [7, 11) is -3.65. The number of aliphatic hydroxyl groups is 1. The van der Waals surface area contributed by atoms with E-state index in [1.54, 1.807) is 48.5 Å². The summed E-state index contributed by atoms with van der Waals surface area (Å²) in [5.41, 5.74) is 11.9. The Morgan fingerprint density at radius 3 is 2.67 bits per heavy atom. The number of carbonyl (C=O) groups is 1. The molecule has 0 spiro atoms. The Bertz CT molecular complexity index is 1840. The maximum Gasteiger partial charge on any atom is 0.351 e. The largest absolute Gasteiger partial charge is 0.460 e. The van der Waals surface area contributed by atoms with Gasteiger partial charge >= 0.3 is 11.7 Å². The van der Waals surface area contributed by atoms with Crippen LogP contribution in [0.4, 0.5) is 10.2 Å². The average molecular weight is 654 g/mol. The van der Waals surface area contributed by atoms with Gasteiger partial charge in [0.15, 0.2) is 18.1 Å². The molecule has 240 valence electrons. The molecule has 4 aromatic rings. The fourth-order valence-corrected chi connectivity index (χ4v) is 5.77. The summed E-state index contributed by atoms with van der Waals surface area (Å²) in [5, 5.41) is 15.4. The quantitative estimate of drug-likeness (QED) is 0.0557. The van der Waals surface area contributed by atoms with E-state index in [0.717, 1.165) is 21.0 Å². The van der Waals surface area contributed by atoms with E-state index in [-0.39, 0.29) is 18.2 Å². The molecule has 0 radical (unpaired) electrons. The molecule has 0 aliphatic carbocycles. The minimum absolute atomic E-state index is 0.0794. The summed E-state index contributed by atoms with van der Waals surface area (Å²) in [6.07, 6.45) is -5.08. The topological polar surface area (TPSA) is 204 Å². The highest BCUT2D eigenvalue weighted by molar-refractivity contribution is 7.36. The van der Waals surface area contributed by atoms with Crippen LogP contribution in [-0.2, 0) is 30.0 Å². The van der Waals surface area contributed by atoms with E-state index in [2.05, 4.69) is 15.0 Å². The van der Waals surface area contributed by atoms with Crippen LogP contribution in [0, 0.1) is 0 Å². The van der Waals surface area contributed by atoms with Gasteiger partial charge in [-0.15, -0.1) is 0 Å². The van der Waals surface area contributed by atoms with Gasteiger partial charge in [-0.2, -0.15) is 4.98 Å². The van der Waals surface area contributed by atoms with Crippen LogP contribution in [-0.4, -0.2) is 56.1 Å². The van der Waals surface area contributed by atoms with E-state index in [1.807, 2.05) is 24.3 Å². The van der Waals surface area contributed by atoms with E-state index < -0.39 is 56.7 Å². The first-order valence-corrected chi connectivity index (χ1v) is 15.1. The van der Waals surface area contributed by atoms with Gasteiger partial charge in [0, 0.05) is 16.5 Å². The molecule has 15 nitrogen and oxygen atoms in total. The van der Waals surface area contributed by atoms with Crippen LogP contribution >= 0.6 is 8.18 Å². The molecule has 5 rings (SSSR count). The number of benzene rings is 3. The second-order valence-corrected chi connectivity index (χ2v) is 11.5. The number of halogens is 1. The van der Waals surface area contributed by atoms with Crippen LogP contribution in [0.3, 0.4) is 0 Å². The van der Waals surface area contributed by atoms with Gasteiger partial charge in [0.25, 0.3) is 8.18 Å². The van der Waals surface area contributed by atoms with Crippen molar-refractivity contribution >= 4 is 30.7 Å². The van der Waals surface area contributed by atoms with Gasteiger partial charge in [-0.3, -0.25) is 13.9 Å². The fourth-order valence-electron chi connectivity index (χ4n) is 4.72.